The van der Waals surface area contributed by atoms with Crippen LogP contribution in [0.2, 0.25) is 0 Å². The lowest BCUT2D eigenvalue weighted by Crippen LogP contribution is -2.31. The Kier molecular flexibility index (Phi) is 6.47. The van der Waals surface area contributed by atoms with Gasteiger partial charge in [-0.3, -0.25) is 19.6 Å². The minimum Gasteiger partial charge on any atom is -0.330 e. The van der Waals surface area contributed by atoms with Gasteiger partial charge in [0.1, 0.15) is 0 Å². The van der Waals surface area contributed by atoms with Gasteiger partial charge in [-0.15, -0.1) is 5.06 Å². The highest BCUT2D eigenvalue weighted by Gasteiger charge is 2.32. The molecule has 0 saturated carbocycles. The summed E-state index contributed by atoms with van der Waals surface area (Å²) in [5.41, 5.74) is 4.02. The van der Waals surface area contributed by atoms with Crippen LogP contribution in [0, 0.1) is 6.92 Å². The fraction of sp³-hybridized carbons (Fsp3) is 0.381. The minimum absolute atomic E-state index is 0.109. The number of hydrogen-bond donors (Lipinski definition) is 0. The van der Waals surface area contributed by atoms with Crippen molar-refractivity contribution in [1.82, 2.24) is 15.0 Å². The van der Waals surface area contributed by atoms with Crippen molar-refractivity contribution in [1.29, 1.82) is 0 Å². The summed E-state index contributed by atoms with van der Waals surface area (Å²) in [6.45, 7) is 2.02. The largest absolute Gasteiger partial charge is 0.333 e. The van der Waals surface area contributed by atoms with Crippen LogP contribution in [0.15, 0.2) is 36.7 Å². The molecule has 0 aromatic carbocycles. The van der Waals surface area contributed by atoms with Gasteiger partial charge < -0.3 is 4.84 Å². The second kappa shape index (κ2) is 9.21. The van der Waals surface area contributed by atoms with Gasteiger partial charge in [-0.1, -0.05) is 6.42 Å². The third kappa shape index (κ3) is 5.22. The molecular formula is C21H23N3O4. The average molecular weight is 381 g/mol. The van der Waals surface area contributed by atoms with Crippen molar-refractivity contribution in [3.05, 3.63) is 47.8 Å². The highest BCUT2D eigenvalue weighted by atomic mass is 16.7. The van der Waals surface area contributed by atoms with E-state index in [0.717, 1.165) is 36.2 Å². The summed E-state index contributed by atoms with van der Waals surface area (Å²) < 4.78 is 0. The normalized spacial score (nSPS) is 13.8. The number of amides is 2. The van der Waals surface area contributed by atoms with E-state index in [2.05, 4.69) is 9.97 Å². The van der Waals surface area contributed by atoms with Crippen LogP contribution in [0.25, 0.3) is 11.4 Å². The van der Waals surface area contributed by atoms with Gasteiger partial charge in [0.2, 0.25) is 0 Å². The van der Waals surface area contributed by atoms with Gasteiger partial charge in [-0.2, -0.15) is 0 Å². The Balaban J connectivity index is 1.41. The Hall–Kier alpha value is -3.09. The molecule has 0 radical (unpaired) electrons. The Morgan fingerprint density at radius 1 is 1.00 bits per heavy atom. The van der Waals surface area contributed by atoms with Crippen molar-refractivity contribution in [2.24, 2.45) is 0 Å². The van der Waals surface area contributed by atoms with Gasteiger partial charge >= 0.3 is 5.97 Å². The van der Waals surface area contributed by atoms with Crippen LogP contribution in [0.5, 0.6) is 0 Å². The molecule has 7 heteroatoms. The van der Waals surface area contributed by atoms with E-state index in [1.54, 1.807) is 12.4 Å². The summed E-state index contributed by atoms with van der Waals surface area (Å²) in [4.78, 5) is 48.2. The first-order chi connectivity index (χ1) is 13.5. The van der Waals surface area contributed by atoms with Gasteiger partial charge in [0.15, 0.2) is 0 Å². The fourth-order valence-corrected chi connectivity index (χ4v) is 3.03. The zero-order valence-electron chi connectivity index (χ0n) is 15.9. The fourth-order valence-electron chi connectivity index (χ4n) is 3.03. The average Bonchev–Trinajstić information content (AvgIpc) is 3.00. The topological polar surface area (TPSA) is 89.5 Å². The molecule has 3 rings (SSSR count). The number of unbranched alkanes of at least 4 members (excludes halogenated alkanes) is 2. The Labute approximate surface area is 163 Å². The number of pyridine rings is 2. The highest BCUT2D eigenvalue weighted by Crippen LogP contribution is 2.18. The predicted octanol–water partition coefficient (Wildman–Crippen LogP) is 3.16. The van der Waals surface area contributed by atoms with Crippen molar-refractivity contribution >= 4 is 17.8 Å². The van der Waals surface area contributed by atoms with E-state index in [1.165, 1.54) is 5.56 Å². The number of carbonyl (C=O) groups excluding carboxylic acids is 3. The van der Waals surface area contributed by atoms with E-state index < -0.39 is 17.8 Å². The summed E-state index contributed by atoms with van der Waals surface area (Å²) in [5.74, 6) is -1.44. The molecule has 0 aliphatic carbocycles. The summed E-state index contributed by atoms with van der Waals surface area (Å²) in [5, 5.41) is 0.597. The van der Waals surface area contributed by atoms with Crippen LogP contribution in [0.3, 0.4) is 0 Å². The summed E-state index contributed by atoms with van der Waals surface area (Å²) in [6, 6.07) is 7.99. The second-order valence-electron chi connectivity index (χ2n) is 6.87. The van der Waals surface area contributed by atoms with Gasteiger partial charge in [0, 0.05) is 31.7 Å². The Morgan fingerprint density at radius 3 is 2.39 bits per heavy atom. The Morgan fingerprint density at radius 2 is 1.68 bits per heavy atom. The third-order valence-corrected chi connectivity index (χ3v) is 4.55. The summed E-state index contributed by atoms with van der Waals surface area (Å²) in [6.07, 6.45) is 7.25. The van der Waals surface area contributed by atoms with E-state index >= 15 is 0 Å². The highest BCUT2D eigenvalue weighted by molar-refractivity contribution is 6.01. The number of carbonyl (C=O) groups is 3. The van der Waals surface area contributed by atoms with E-state index in [9.17, 15) is 14.4 Å². The molecule has 2 aromatic rings. The van der Waals surface area contributed by atoms with Gasteiger partial charge in [-0.05, 0) is 61.6 Å². The molecule has 0 unspecified atom stereocenters. The molecule has 7 nitrogen and oxygen atoms in total. The number of rotatable bonds is 8. The van der Waals surface area contributed by atoms with Crippen molar-refractivity contribution in [3.63, 3.8) is 0 Å². The summed E-state index contributed by atoms with van der Waals surface area (Å²) >= 11 is 0. The number of hydroxylamine groups is 2. The lowest BCUT2D eigenvalue weighted by Gasteiger charge is -2.12. The number of aryl methyl sites for hydroxylation is 2. The molecule has 1 fully saturated rings. The molecule has 1 aliphatic heterocycles. The van der Waals surface area contributed by atoms with Gasteiger partial charge in [-0.25, -0.2) is 4.79 Å². The molecule has 2 amide bonds. The second-order valence-corrected chi connectivity index (χ2v) is 6.87. The van der Waals surface area contributed by atoms with Crippen molar-refractivity contribution in [3.8, 4) is 11.4 Å². The number of imide groups is 1. The zero-order chi connectivity index (χ0) is 19.9. The van der Waals surface area contributed by atoms with Gasteiger partial charge in [0.25, 0.3) is 11.8 Å². The smallest absolute Gasteiger partial charge is 0.330 e. The SMILES string of the molecule is Cc1ccnc(-c2cc(CCCCCC(=O)ON3C(=O)CCC3=O)ccn2)c1. The third-order valence-electron chi connectivity index (χ3n) is 4.55. The van der Waals surface area contributed by atoms with Crippen molar-refractivity contribution < 1.29 is 19.2 Å². The first-order valence-electron chi connectivity index (χ1n) is 9.47. The van der Waals surface area contributed by atoms with Crippen LogP contribution in [-0.4, -0.2) is 32.8 Å². The molecule has 1 aliphatic rings. The molecule has 1 saturated heterocycles. The van der Waals surface area contributed by atoms with Crippen molar-refractivity contribution in [2.75, 3.05) is 0 Å². The van der Waals surface area contributed by atoms with E-state index in [1.807, 2.05) is 31.2 Å². The molecule has 0 spiro atoms. The van der Waals surface area contributed by atoms with Crippen LogP contribution >= 0.6 is 0 Å². The monoisotopic (exact) mass is 381 g/mol. The van der Waals surface area contributed by atoms with E-state index in [-0.39, 0.29) is 19.3 Å². The maximum atomic E-state index is 11.8. The first kappa shape index (κ1) is 19.7. The van der Waals surface area contributed by atoms with Crippen LogP contribution in [0.4, 0.5) is 0 Å². The molecule has 0 bridgehead atoms. The number of nitrogens with zero attached hydrogens (tertiary/aromatic N) is 3. The van der Waals surface area contributed by atoms with Crippen molar-refractivity contribution in [2.45, 2.75) is 51.9 Å². The predicted molar refractivity (Wildman–Crippen MR) is 102 cm³/mol. The van der Waals surface area contributed by atoms with Crippen LogP contribution < -0.4 is 0 Å². The Bertz CT molecular complexity index is 865. The first-order valence-corrected chi connectivity index (χ1v) is 9.47. The minimum atomic E-state index is -0.541. The molecule has 0 N–H and O–H groups in total. The summed E-state index contributed by atoms with van der Waals surface area (Å²) in [7, 11) is 0. The van der Waals surface area contributed by atoms with Crippen LogP contribution in [0.1, 0.15) is 49.7 Å². The molecule has 3 heterocycles. The molecular weight excluding hydrogens is 358 g/mol. The lowest BCUT2D eigenvalue weighted by atomic mass is 10.1. The zero-order valence-corrected chi connectivity index (χ0v) is 15.9. The van der Waals surface area contributed by atoms with E-state index in [4.69, 9.17) is 4.84 Å². The maximum Gasteiger partial charge on any atom is 0.333 e. The molecule has 0 atom stereocenters. The number of aromatic nitrogens is 2. The lowest BCUT2D eigenvalue weighted by molar-refractivity contribution is -0.197. The quantitative estimate of drug-likeness (QED) is 0.515. The number of hydrogen-bond acceptors (Lipinski definition) is 6. The maximum absolute atomic E-state index is 11.8. The standard InChI is InChI=1S/C21H23N3O4/c1-15-9-11-22-17(13-15)18-14-16(10-12-23-18)5-3-2-4-6-21(27)28-24-19(25)7-8-20(24)26/h9-14H,2-8H2,1H3. The molecule has 146 valence electrons. The molecule has 28 heavy (non-hydrogen) atoms. The van der Waals surface area contributed by atoms with Gasteiger partial charge in [0.05, 0.1) is 11.4 Å². The molecule has 2 aromatic heterocycles. The van der Waals surface area contributed by atoms with E-state index in [0.29, 0.717) is 11.5 Å². The van der Waals surface area contributed by atoms with Crippen LogP contribution in [-0.2, 0) is 25.6 Å².